The molecular weight excluding hydrogens is 275 g/mol. The first-order valence-corrected chi connectivity index (χ1v) is 7.42. The Kier molecular flexibility index (Phi) is 5.23. The summed E-state index contributed by atoms with van der Waals surface area (Å²) in [5.41, 5.74) is 2.39. The minimum Gasteiger partial charge on any atom is -0.378 e. The highest BCUT2D eigenvalue weighted by Gasteiger charge is 2.13. The maximum atomic E-state index is 13.7. The predicted octanol–water partition coefficient (Wildman–Crippen LogP) is 3.51. The average molecular weight is 294 g/mol. The Balaban J connectivity index is 2.33. The highest BCUT2D eigenvalue weighted by molar-refractivity contribution is 7.15. The summed E-state index contributed by atoms with van der Waals surface area (Å²) in [6, 6.07) is 5.23. The molecule has 1 aromatic heterocycles. The Labute approximate surface area is 122 Å². The van der Waals surface area contributed by atoms with E-state index in [2.05, 4.69) is 17.2 Å². The molecule has 0 bridgehead atoms. The van der Waals surface area contributed by atoms with Crippen LogP contribution in [0.25, 0.3) is 10.6 Å². The zero-order chi connectivity index (χ0) is 14.5. The van der Waals surface area contributed by atoms with Crippen LogP contribution in [0, 0.1) is 12.7 Å². The Morgan fingerprint density at radius 3 is 2.85 bits per heavy atom. The van der Waals surface area contributed by atoms with Gasteiger partial charge in [-0.2, -0.15) is 0 Å². The van der Waals surface area contributed by atoms with Gasteiger partial charge in [0, 0.05) is 24.1 Å². The number of halogens is 1. The van der Waals surface area contributed by atoms with E-state index in [0.29, 0.717) is 12.2 Å². The van der Waals surface area contributed by atoms with Crippen LogP contribution in [0.5, 0.6) is 0 Å². The molecule has 1 heterocycles. The first kappa shape index (κ1) is 15.1. The molecule has 1 N–H and O–H groups in total. The van der Waals surface area contributed by atoms with Crippen molar-refractivity contribution < 1.29 is 9.13 Å². The fraction of sp³-hybridized carbons (Fsp3) is 0.400. The second-order valence-corrected chi connectivity index (χ2v) is 5.65. The minimum absolute atomic E-state index is 0.195. The first-order chi connectivity index (χ1) is 9.65. The van der Waals surface area contributed by atoms with Crippen molar-refractivity contribution in [2.75, 3.05) is 13.7 Å². The highest BCUT2D eigenvalue weighted by atomic mass is 32.1. The molecule has 20 heavy (non-hydrogen) atoms. The molecule has 0 amide bonds. The maximum Gasteiger partial charge on any atom is 0.126 e. The molecule has 0 aliphatic carbocycles. The van der Waals surface area contributed by atoms with Crippen molar-refractivity contribution >= 4 is 11.3 Å². The fourth-order valence-electron chi connectivity index (χ4n) is 1.86. The highest BCUT2D eigenvalue weighted by Crippen LogP contribution is 2.29. The number of benzene rings is 1. The predicted molar refractivity (Wildman–Crippen MR) is 80.3 cm³/mol. The van der Waals surface area contributed by atoms with E-state index in [1.807, 2.05) is 6.07 Å². The van der Waals surface area contributed by atoms with Gasteiger partial charge in [-0.3, -0.25) is 0 Å². The van der Waals surface area contributed by atoms with Gasteiger partial charge in [0.15, 0.2) is 0 Å². The average Bonchev–Trinajstić information content (AvgIpc) is 2.83. The number of thiazole rings is 1. The van der Waals surface area contributed by atoms with Crippen LogP contribution in [0.2, 0.25) is 0 Å². The third-order valence-corrected chi connectivity index (χ3v) is 4.16. The van der Waals surface area contributed by atoms with Crippen molar-refractivity contribution in [2.45, 2.75) is 27.0 Å². The van der Waals surface area contributed by atoms with E-state index in [0.717, 1.165) is 34.2 Å². The van der Waals surface area contributed by atoms with Crippen molar-refractivity contribution in [2.24, 2.45) is 0 Å². The zero-order valence-corrected chi connectivity index (χ0v) is 12.8. The summed E-state index contributed by atoms with van der Waals surface area (Å²) in [4.78, 5) is 5.72. The fourth-order valence-corrected chi connectivity index (χ4v) is 2.89. The summed E-state index contributed by atoms with van der Waals surface area (Å²) in [5, 5.41) is 4.13. The molecule has 0 fully saturated rings. The third kappa shape index (κ3) is 3.42. The topological polar surface area (TPSA) is 34.2 Å². The summed E-state index contributed by atoms with van der Waals surface area (Å²) < 4.78 is 18.8. The maximum absolute atomic E-state index is 13.7. The number of aromatic nitrogens is 1. The number of hydrogen-bond acceptors (Lipinski definition) is 4. The van der Waals surface area contributed by atoms with Gasteiger partial charge < -0.3 is 10.1 Å². The molecule has 1 aromatic carbocycles. The Morgan fingerprint density at radius 1 is 1.40 bits per heavy atom. The molecule has 2 aromatic rings. The van der Waals surface area contributed by atoms with Crippen molar-refractivity contribution in [1.29, 1.82) is 0 Å². The number of nitrogens with one attached hydrogen (secondary N) is 1. The van der Waals surface area contributed by atoms with Crippen molar-refractivity contribution in [1.82, 2.24) is 10.3 Å². The molecule has 0 unspecified atom stereocenters. The Hall–Kier alpha value is -1.30. The van der Waals surface area contributed by atoms with Crippen LogP contribution in [0.1, 0.15) is 23.1 Å². The molecule has 0 aliphatic heterocycles. The van der Waals surface area contributed by atoms with Gasteiger partial charge >= 0.3 is 0 Å². The Bertz CT molecular complexity index is 583. The van der Waals surface area contributed by atoms with Gasteiger partial charge in [0.25, 0.3) is 0 Å². The van der Waals surface area contributed by atoms with Crippen LogP contribution in [0.3, 0.4) is 0 Å². The molecule has 0 spiro atoms. The monoisotopic (exact) mass is 294 g/mol. The van der Waals surface area contributed by atoms with Gasteiger partial charge in [0.1, 0.15) is 10.8 Å². The number of hydrogen-bond donors (Lipinski definition) is 1. The van der Waals surface area contributed by atoms with E-state index in [9.17, 15) is 4.39 Å². The van der Waals surface area contributed by atoms with Gasteiger partial charge in [-0.25, -0.2) is 9.37 Å². The molecule has 0 aliphatic rings. The molecule has 0 radical (unpaired) electrons. The smallest absolute Gasteiger partial charge is 0.126 e. The summed E-state index contributed by atoms with van der Waals surface area (Å²) in [6.07, 6.45) is 0. The molecular formula is C15H19FN2OS. The number of rotatable bonds is 6. The number of methoxy groups -OCH3 is 1. The zero-order valence-electron chi connectivity index (χ0n) is 12.0. The van der Waals surface area contributed by atoms with Crippen LogP contribution >= 0.6 is 11.3 Å². The van der Waals surface area contributed by atoms with E-state index >= 15 is 0 Å². The van der Waals surface area contributed by atoms with Crippen LogP contribution in [-0.2, 0) is 17.9 Å². The molecule has 0 atom stereocenters. The molecule has 0 saturated heterocycles. The minimum atomic E-state index is -0.195. The second kappa shape index (κ2) is 6.92. The van der Waals surface area contributed by atoms with E-state index in [1.165, 1.54) is 0 Å². The molecule has 3 nitrogen and oxygen atoms in total. The van der Waals surface area contributed by atoms with Crippen molar-refractivity contribution in [3.05, 3.63) is 40.2 Å². The number of aryl methyl sites for hydroxylation is 1. The number of ether oxygens (including phenoxy) is 1. The first-order valence-electron chi connectivity index (χ1n) is 6.60. The molecule has 0 saturated carbocycles. The standard InChI is InChI=1S/C15H19FN2OS/c1-4-17-8-14-13(9-19-3)18-15(20-14)11-6-5-10(2)12(16)7-11/h5-7,17H,4,8-9H2,1-3H3. The van der Waals surface area contributed by atoms with Crippen LogP contribution in [0.4, 0.5) is 4.39 Å². The van der Waals surface area contributed by atoms with Gasteiger partial charge in [-0.15, -0.1) is 11.3 Å². The van der Waals surface area contributed by atoms with Gasteiger partial charge in [-0.1, -0.05) is 19.1 Å². The van der Waals surface area contributed by atoms with Crippen LogP contribution < -0.4 is 5.32 Å². The lowest BCUT2D eigenvalue weighted by Crippen LogP contribution is -2.12. The quantitative estimate of drug-likeness (QED) is 0.885. The Morgan fingerprint density at radius 2 is 2.20 bits per heavy atom. The summed E-state index contributed by atoms with van der Waals surface area (Å²) >= 11 is 1.59. The van der Waals surface area contributed by atoms with E-state index in [1.54, 1.807) is 37.5 Å². The summed E-state index contributed by atoms with van der Waals surface area (Å²) in [6.45, 7) is 5.97. The summed E-state index contributed by atoms with van der Waals surface area (Å²) in [5.74, 6) is -0.195. The molecule has 2 rings (SSSR count). The third-order valence-electron chi connectivity index (χ3n) is 3.01. The van der Waals surface area contributed by atoms with Gasteiger partial charge in [0.2, 0.25) is 0 Å². The van der Waals surface area contributed by atoms with E-state index in [-0.39, 0.29) is 5.82 Å². The molecule has 108 valence electrons. The number of nitrogens with zero attached hydrogens (tertiary/aromatic N) is 1. The van der Waals surface area contributed by atoms with Crippen molar-refractivity contribution in [3.63, 3.8) is 0 Å². The summed E-state index contributed by atoms with van der Waals surface area (Å²) in [7, 11) is 1.65. The van der Waals surface area contributed by atoms with E-state index in [4.69, 9.17) is 4.74 Å². The van der Waals surface area contributed by atoms with Gasteiger partial charge in [-0.05, 0) is 25.1 Å². The normalized spacial score (nSPS) is 11.0. The molecule has 5 heteroatoms. The van der Waals surface area contributed by atoms with Gasteiger partial charge in [0.05, 0.1) is 12.3 Å². The second-order valence-electron chi connectivity index (χ2n) is 4.57. The lowest BCUT2D eigenvalue weighted by molar-refractivity contribution is 0.181. The largest absolute Gasteiger partial charge is 0.378 e. The van der Waals surface area contributed by atoms with Crippen LogP contribution in [0.15, 0.2) is 18.2 Å². The van der Waals surface area contributed by atoms with Crippen LogP contribution in [-0.4, -0.2) is 18.6 Å². The van der Waals surface area contributed by atoms with Crippen molar-refractivity contribution in [3.8, 4) is 10.6 Å². The lowest BCUT2D eigenvalue weighted by atomic mass is 10.1. The SMILES string of the molecule is CCNCc1sc(-c2ccc(C)c(F)c2)nc1COC. The lowest BCUT2D eigenvalue weighted by Gasteiger charge is -2.00. The van der Waals surface area contributed by atoms with E-state index < -0.39 is 0 Å².